The fourth-order valence-corrected chi connectivity index (χ4v) is 2.58. The van der Waals surface area contributed by atoms with E-state index in [1.165, 1.54) is 25.7 Å². The summed E-state index contributed by atoms with van der Waals surface area (Å²) in [5, 5.41) is 6.78. The maximum atomic E-state index is 4.35. The van der Waals surface area contributed by atoms with E-state index >= 15 is 0 Å². The number of anilines is 2. The fourth-order valence-electron chi connectivity index (χ4n) is 2.58. The molecule has 1 aromatic rings. The van der Waals surface area contributed by atoms with E-state index in [9.17, 15) is 0 Å². The van der Waals surface area contributed by atoms with Crippen LogP contribution in [0.15, 0.2) is 6.33 Å². The molecule has 4 heteroatoms. The number of aromatic nitrogens is 2. The van der Waals surface area contributed by atoms with Gasteiger partial charge in [-0.25, -0.2) is 9.97 Å². The molecule has 18 heavy (non-hydrogen) atoms. The summed E-state index contributed by atoms with van der Waals surface area (Å²) in [5.41, 5.74) is 1.63. The summed E-state index contributed by atoms with van der Waals surface area (Å²) in [4.78, 5) is 8.62. The molecule has 0 unspecified atom stereocenters. The van der Waals surface area contributed by atoms with Crippen LogP contribution >= 0.6 is 0 Å². The molecule has 0 spiro atoms. The molecule has 1 aromatic heterocycles. The van der Waals surface area contributed by atoms with Crippen molar-refractivity contribution in [2.75, 3.05) is 23.7 Å². The molecular formula is C14H24N4. The van der Waals surface area contributed by atoms with Gasteiger partial charge in [0.05, 0.1) is 0 Å². The van der Waals surface area contributed by atoms with Crippen LogP contribution in [0.5, 0.6) is 0 Å². The highest BCUT2D eigenvalue weighted by molar-refractivity contribution is 5.56. The second kappa shape index (κ2) is 5.55. The Balaban J connectivity index is 2.02. The maximum absolute atomic E-state index is 4.35. The molecule has 2 N–H and O–H groups in total. The van der Waals surface area contributed by atoms with Crippen LogP contribution in [-0.2, 0) is 0 Å². The predicted molar refractivity (Wildman–Crippen MR) is 76.0 cm³/mol. The molecule has 0 bridgehead atoms. The molecule has 4 nitrogen and oxygen atoms in total. The third kappa shape index (κ3) is 2.57. The van der Waals surface area contributed by atoms with Gasteiger partial charge in [0, 0.05) is 18.7 Å². The number of nitrogens with zero attached hydrogens (tertiary/aromatic N) is 2. The quantitative estimate of drug-likeness (QED) is 0.811. The highest BCUT2D eigenvalue weighted by Gasteiger charge is 2.34. The molecule has 1 fully saturated rings. The minimum Gasteiger partial charge on any atom is -0.370 e. The average molecular weight is 248 g/mol. The Kier molecular flexibility index (Phi) is 4.04. The lowest BCUT2D eigenvalue weighted by molar-refractivity contribution is 0.145. The molecule has 100 valence electrons. The van der Waals surface area contributed by atoms with Crippen molar-refractivity contribution in [2.24, 2.45) is 5.41 Å². The lowest BCUT2D eigenvalue weighted by atomic mass is 9.67. The van der Waals surface area contributed by atoms with E-state index in [-0.39, 0.29) is 0 Å². The van der Waals surface area contributed by atoms with Crippen LogP contribution in [0.4, 0.5) is 11.6 Å². The molecule has 2 rings (SSSR count). The number of hydrogen-bond donors (Lipinski definition) is 2. The van der Waals surface area contributed by atoms with Crippen LogP contribution in [0.25, 0.3) is 0 Å². The first-order valence-electron chi connectivity index (χ1n) is 7.00. The molecule has 1 aliphatic carbocycles. The first-order chi connectivity index (χ1) is 8.71. The third-order valence-corrected chi connectivity index (χ3v) is 4.22. The average Bonchev–Trinajstić information content (AvgIpc) is 2.33. The molecule has 1 heterocycles. The smallest absolute Gasteiger partial charge is 0.134 e. The molecule has 1 saturated carbocycles. The topological polar surface area (TPSA) is 49.8 Å². The minimum atomic E-state index is 0.510. The van der Waals surface area contributed by atoms with E-state index in [0.29, 0.717) is 5.41 Å². The van der Waals surface area contributed by atoms with Gasteiger partial charge < -0.3 is 10.6 Å². The van der Waals surface area contributed by atoms with Crippen molar-refractivity contribution < 1.29 is 0 Å². The van der Waals surface area contributed by atoms with Gasteiger partial charge >= 0.3 is 0 Å². The highest BCUT2D eigenvalue weighted by atomic mass is 15.1. The first-order valence-corrected chi connectivity index (χ1v) is 7.00. The predicted octanol–water partition coefficient (Wildman–Crippen LogP) is 3.21. The van der Waals surface area contributed by atoms with Crippen LogP contribution in [0, 0.1) is 12.3 Å². The van der Waals surface area contributed by atoms with Gasteiger partial charge in [0.25, 0.3) is 0 Å². The Bertz CT molecular complexity index is 393. The summed E-state index contributed by atoms with van der Waals surface area (Å²) in [5.74, 6) is 1.91. The van der Waals surface area contributed by atoms with Gasteiger partial charge in [-0.15, -0.1) is 0 Å². The minimum absolute atomic E-state index is 0.510. The molecule has 1 aliphatic rings. The Morgan fingerprint density at radius 1 is 1.17 bits per heavy atom. The zero-order valence-electron chi connectivity index (χ0n) is 11.7. The summed E-state index contributed by atoms with van der Waals surface area (Å²) >= 11 is 0. The Labute approximate surface area is 110 Å². The van der Waals surface area contributed by atoms with E-state index < -0.39 is 0 Å². The maximum Gasteiger partial charge on any atom is 0.134 e. The summed E-state index contributed by atoms with van der Waals surface area (Å²) in [6, 6.07) is 0. The van der Waals surface area contributed by atoms with Gasteiger partial charge in [-0.1, -0.05) is 13.3 Å². The normalized spacial score (nSPS) is 17.1. The van der Waals surface area contributed by atoms with Crippen molar-refractivity contribution in [2.45, 2.75) is 46.5 Å². The molecule has 0 radical (unpaired) electrons. The van der Waals surface area contributed by atoms with Gasteiger partial charge in [-0.2, -0.15) is 0 Å². The zero-order valence-corrected chi connectivity index (χ0v) is 11.7. The van der Waals surface area contributed by atoms with E-state index in [4.69, 9.17) is 0 Å². The van der Waals surface area contributed by atoms with E-state index in [2.05, 4.69) is 41.4 Å². The fraction of sp³-hybridized carbons (Fsp3) is 0.714. The van der Waals surface area contributed by atoms with Crippen molar-refractivity contribution in [3.8, 4) is 0 Å². The monoisotopic (exact) mass is 248 g/mol. The molecule has 0 aromatic carbocycles. The van der Waals surface area contributed by atoms with Crippen molar-refractivity contribution >= 4 is 11.6 Å². The van der Waals surface area contributed by atoms with Gasteiger partial charge in [0.15, 0.2) is 0 Å². The largest absolute Gasteiger partial charge is 0.370 e. The van der Waals surface area contributed by atoms with Gasteiger partial charge in [-0.05, 0) is 38.5 Å². The Morgan fingerprint density at radius 2 is 1.83 bits per heavy atom. The summed E-state index contributed by atoms with van der Waals surface area (Å²) < 4.78 is 0. The van der Waals surface area contributed by atoms with Crippen LogP contribution in [-0.4, -0.2) is 23.1 Å². The van der Waals surface area contributed by atoms with Crippen molar-refractivity contribution in [3.05, 3.63) is 11.9 Å². The Morgan fingerprint density at radius 3 is 2.33 bits per heavy atom. The van der Waals surface area contributed by atoms with E-state index in [0.717, 1.165) is 30.3 Å². The second-order valence-electron chi connectivity index (χ2n) is 5.29. The van der Waals surface area contributed by atoms with Crippen molar-refractivity contribution in [1.29, 1.82) is 0 Å². The van der Waals surface area contributed by atoms with Gasteiger partial charge in [-0.3, -0.25) is 0 Å². The summed E-state index contributed by atoms with van der Waals surface area (Å²) in [6.45, 7) is 8.36. The van der Waals surface area contributed by atoms with E-state index in [1.54, 1.807) is 6.33 Å². The molecule has 0 amide bonds. The molecule has 0 aliphatic heterocycles. The zero-order chi connectivity index (χ0) is 13.0. The lowest BCUT2D eigenvalue weighted by Crippen LogP contribution is -2.36. The summed E-state index contributed by atoms with van der Waals surface area (Å²) in [6.07, 6.45) is 6.96. The molecular weight excluding hydrogens is 224 g/mol. The lowest BCUT2D eigenvalue weighted by Gasteiger charge is -2.41. The summed E-state index contributed by atoms with van der Waals surface area (Å²) in [7, 11) is 0. The van der Waals surface area contributed by atoms with Gasteiger partial charge in [0.1, 0.15) is 18.0 Å². The van der Waals surface area contributed by atoms with Gasteiger partial charge in [0.2, 0.25) is 0 Å². The Hall–Kier alpha value is -1.32. The molecule has 0 saturated heterocycles. The van der Waals surface area contributed by atoms with Crippen LogP contribution in [0.3, 0.4) is 0 Å². The second-order valence-corrected chi connectivity index (χ2v) is 5.29. The number of rotatable bonds is 6. The molecule has 0 atom stereocenters. The highest BCUT2D eigenvalue weighted by Crippen LogP contribution is 2.43. The standard InChI is InChI=1S/C14H24N4/c1-4-14(7-6-8-14)9-16-13-11(3)12(15-5-2)17-10-18-13/h10H,4-9H2,1-3H3,(H2,15,16,17,18). The van der Waals surface area contributed by atoms with Crippen molar-refractivity contribution in [3.63, 3.8) is 0 Å². The van der Waals surface area contributed by atoms with Crippen LogP contribution in [0.1, 0.15) is 45.1 Å². The number of hydrogen-bond acceptors (Lipinski definition) is 4. The SMILES string of the molecule is CCNc1ncnc(NCC2(CC)CCC2)c1C. The third-order valence-electron chi connectivity index (χ3n) is 4.22. The van der Waals surface area contributed by atoms with E-state index in [1.807, 2.05) is 0 Å². The van der Waals surface area contributed by atoms with Crippen molar-refractivity contribution in [1.82, 2.24) is 9.97 Å². The van der Waals surface area contributed by atoms with Crippen LogP contribution in [0.2, 0.25) is 0 Å². The van der Waals surface area contributed by atoms with Crippen LogP contribution < -0.4 is 10.6 Å². The number of nitrogens with one attached hydrogen (secondary N) is 2. The first kappa shape index (κ1) is 13.1.